The van der Waals surface area contributed by atoms with Gasteiger partial charge in [-0.15, -0.1) is 0 Å². The lowest BCUT2D eigenvalue weighted by Gasteiger charge is -2.21. The summed E-state index contributed by atoms with van der Waals surface area (Å²) in [7, 11) is 1.56. The predicted octanol–water partition coefficient (Wildman–Crippen LogP) is 3.12. The molecule has 0 fully saturated rings. The molecule has 3 aromatic rings. The summed E-state index contributed by atoms with van der Waals surface area (Å²) in [6.07, 6.45) is 1.32. The molecule has 2 heterocycles. The number of nitrogens with zero attached hydrogens (tertiary/aromatic N) is 2. The summed E-state index contributed by atoms with van der Waals surface area (Å²) in [6, 6.07) is 12.3. The Morgan fingerprint density at radius 1 is 1.16 bits per heavy atom. The van der Waals surface area contributed by atoms with Crippen LogP contribution in [0.3, 0.4) is 0 Å². The van der Waals surface area contributed by atoms with E-state index in [4.69, 9.17) is 18.6 Å². The van der Waals surface area contributed by atoms with Crippen molar-refractivity contribution in [1.82, 2.24) is 15.2 Å². The van der Waals surface area contributed by atoms with Gasteiger partial charge in [0.1, 0.15) is 12.1 Å². The Morgan fingerprint density at radius 2 is 2.00 bits per heavy atom. The second-order valence-corrected chi connectivity index (χ2v) is 7.30. The number of aromatic nitrogens is 1. The molecule has 9 heteroatoms. The Kier molecular flexibility index (Phi) is 6.98. The summed E-state index contributed by atoms with van der Waals surface area (Å²) >= 11 is 0. The zero-order valence-electron chi connectivity index (χ0n) is 17.7. The minimum Gasteiger partial charge on any atom is -0.454 e. The predicted molar refractivity (Wildman–Crippen MR) is 113 cm³/mol. The van der Waals surface area contributed by atoms with Crippen molar-refractivity contribution in [2.45, 2.75) is 19.6 Å². The Balaban J connectivity index is 1.49. The first-order valence-corrected chi connectivity index (χ1v) is 10.2. The van der Waals surface area contributed by atoms with E-state index in [0.717, 1.165) is 5.56 Å². The highest BCUT2D eigenvalue weighted by atomic mass is 19.1. The van der Waals surface area contributed by atoms with Crippen LogP contribution in [0.4, 0.5) is 4.39 Å². The Hall–Kier alpha value is -3.43. The van der Waals surface area contributed by atoms with Crippen molar-refractivity contribution in [1.29, 1.82) is 0 Å². The van der Waals surface area contributed by atoms with E-state index in [9.17, 15) is 9.18 Å². The van der Waals surface area contributed by atoms with Gasteiger partial charge >= 0.3 is 0 Å². The van der Waals surface area contributed by atoms with E-state index in [0.29, 0.717) is 49.2 Å². The van der Waals surface area contributed by atoms with E-state index in [1.807, 2.05) is 23.1 Å². The molecule has 0 bridgehead atoms. The van der Waals surface area contributed by atoms with E-state index in [1.165, 1.54) is 12.3 Å². The fourth-order valence-corrected chi connectivity index (χ4v) is 3.37. The van der Waals surface area contributed by atoms with Crippen molar-refractivity contribution in [2.24, 2.45) is 0 Å². The van der Waals surface area contributed by atoms with Gasteiger partial charge in [-0.3, -0.25) is 9.69 Å². The second-order valence-electron chi connectivity index (χ2n) is 7.30. The number of ether oxygens (including phenoxy) is 3. The molecule has 0 saturated heterocycles. The van der Waals surface area contributed by atoms with E-state index in [-0.39, 0.29) is 30.8 Å². The van der Waals surface area contributed by atoms with E-state index in [1.54, 1.807) is 25.3 Å². The van der Waals surface area contributed by atoms with Gasteiger partial charge in [0.25, 0.3) is 5.91 Å². The van der Waals surface area contributed by atoms with Crippen LogP contribution in [0.25, 0.3) is 0 Å². The largest absolute Gasteiger partial charge is 0.454 e. The van der Waals surface area contributed by atoms with Crippen LogP contribution in [-0.2, 0) is 24.4 Å². The van der Waals surface area contributed by atoms with Crippen molar-refractivity contribution in [3.8, 4) is 11.5 Å². The second kappa shape index (κ2) is 10.3. The maximum Gasteiger partial charge on any atom is 0.273 e. The molecule has 8 nitrogen and oxygen atoms in total. The van der Waals surface area contributed by atoms with Crippen LogP contribution in [0.15, 0.2) is 53.1 Å². The smallest absolute Gasteiger partial charge is 0.273 e. The van der Waals surface area contributed by atoms with Crippen molar-refractivity contribution in [3.05, 3.63) is 77.3 Å². The number of carbonyl (C=O) groups is 1. The number of carbonyl (C=O) groups excluding carboxylic acids is 1. The highest BCUT2D eigenvalue weighted by Gasteiger charge is 2.19. The highest BCUT2D eigenvalue weighted by molar-refractivity contribution is 5.91. The molecule has 0 saturated carbocycles. The van der Waals surface area contributed by atoms with Crippen LogP contribution in [0, 0.1) is 5.82 Å². The molecule has 1 N–H and O–H groups in total. The SMILES string of the molecule is COCCNC(=O)c1coc(CN(Cc2ccc3c(c2)OCO3)Cc2ccccc2F)n1. The Bertz CT molecular complexity index is 1070. The number of amides is 1. The molecule has 0 radical (unpaired) electrons. The lowest BCUT2D eigenvalue weighted by molar-refractivity contribution is 0.0932. The molecule has 1 aliphatic heterocycles. The zero-order chi connectivity index (χ0) is 22.3. The summed E-state index contributed by atoms with van der Waals surface area (Å²) in [6.45, 7) is 2.09. The molecule has 0 atom stereocenters. The van der Waals surface area contributed by atoms with Crippen LogP contribution >= 0.6 is 0 Å². The third-order valence-corrected chi connectivity index (χ3v) is 4.93. The molecular formula is C23H24FN3O5. The maximum atomic E-state index is 14.3. The molecule has 1 aliphatic rings. The molecule has 1 aromatic heterocycles. The fraction of sp³-hybridized carbons (Fsp3) is 0.304. The molecule has 0 unspecified atom stereocenters. The third-order valence-electron chi connectivity index (χ3n) is 4.93. The number of halogens is 1. The maximum absolute atomic E-state index is 14.3. The molecule has 4 rings (SSSR count). The van der Waals surface area contributed by atoms with Gasteiger partial charge in [-0.2, -0.15) is 0 Å². The van der Waals surface area contributed by atoms with Gasteiger partial charge in [-0.25, -0.2) is 9.37 Å². The first kappa shape index (κ1) is 21.8. The molecule has 0 aliphatic carbocycles. The Labute approximate surface area is 184 Å². The average molecular weight is 441 g/mol. The first-order chi connectivity index (χ1) is 15.6. The fourth-order valence-electron chi connectivity index (χ4n) is 3.37. The summed E-state index contributed by atoms with van der Waals surface area (Å²) < 4.78 is 35.6. The van der Waals surface area contributed by atoms with E-state index in [2.05, 4.69) is 10.3 Å². The van der Waals surface area contributed by atoms with Crippen LogP contribution < -0.4 is 14.8 Å². The summed E-state index contributed by atoms with van der Waals surface area (Å²) in [5.41, 5.74) is 1.71. The van der Waals surface area contributed by atoms with Gasteiger partial charge in [-0.1, -0.05) is 24.3 Å². The van der Waals surface area contributed by atoms with Crippen molar-refractivity contribution >= 4 is 5.91 Å². The molecule has 32 heavy (non-hydrogen) atoms. The first-order valence-electron chi connectivity index (χ1n) is 10.2. The van der Waals surface area contributed by atoms with Crippen molar-refractivity contribution in [2.75, 3.05) is 27.1 Å². The monoisotopic (exact) mass is 441 g/mol. The number of rotatable bonds is 10. The van der Waals surface area contributed by atoms with Gasteiger partial charge in [0, 0.05) is 32.3 Å². The van der Waals surface area contributed by atoms with Gasteiger partial charge in [-0.05, 0) is 23.8 Å². The van der Waals surface area contributed by atoms with E-state index < -0.39 is 0 Å². The van der Waals surface area contributed by atoms with Gasteiger partial charge < -0.3 is 23.9 Å². The zero-order valence-corrected chi connectivity index (χ0v) is 17.7. The third kappa shape index (κ3) is 5.43. The van der Waals surface area contributed by atoms with Crippen LogP contribution in [-0.4, -0.2) is 42.8 Å². The average Bonchev–Trinajstić information content (AvgIpc) is 3.44. The summed E-state index contributed by atoms with van der Waals surface area (Å²) in [4.78, 5) is 18.4. The van der Waals surface area contributed by atoms with E-state index >= 15 is 0 Å². The minimum atomic E-state index is -0.339. The summed E-state index contributed by atoms with van der Waals surface area (Å²) in [5, 5.41) is 2.70. The molecule has 0 spiro atoms. The number of oxazole rings is 1. The molecular weight excluding hydrogens is 417 g/mol. The van der Waals surface area contributed by atoms with Gasteiger partial charge in [0.15, 0.2) is 17.2 Å². The van der Waals surface area contributed by atoms with Crippen LogP contribution in [0.5, 0.6) is 11.5 Å². The van der Waals surface area contributed by atoms with Gasteiger partial charge in [0.2, 0.25) is 12.7 Å². The van der Waals surface area contributed by atoms with Crippen LogP contribution in [0.2, 0.25) is 0 Å². The number of hydrogen-bond donors (Lipinski definition) is 1. The quantitative estimate of drug-likeness (QED) is 0.484. The lowest BCUT2D eigenvalue weighted by atomic mass is 10.1. The topological polar surface area (TPSA) is 86.1 Å². The standard InChI is InChI=1S/C23H24FN3O5/c1-29-9-8-25-23(28)19-14-30-22(26-19)13-27(12-17-4-2-3-5-18(17)24)11-16-6-7-20-21(10-16)32-15-31-20/h2-7,10,14H,8-9,11-13,15H2,1H3,(H,25,28). The lowest BCUT2D eigenvalue weighted by Crippen LogP contribution is -2.27. The Morgan fingerprint density at radius 3 is 2.84 bits per heavy atom. The summed E-state index contributed by atoms with van der Waals surface area (Å²) in [5.74, 6) is 1.12. The normalized spacial score (nSPS) is 12.3. The minimum absolute atomic E-state index is 0.185. The van der Waals surface area contributed by atoms with Crippen molar-refractivity contribution < 1.29 is 27.8 Å². The molecule has 1 amide bonds. The molecule has 168 valence electrons. The number of methoxy groups -OCH3 is 1. The number of nitrogens with one attached hydrogen (secondary N) is 1. The number of hydrogen-bond acceptors (Lipinski definition) is 7. The number of benzene rings is 2. The van der Waals surface area contributed by atoms with Crippen molar-refractivity contribution in [3.63, 3.8) is 0 Å². The van der Waals surface area contributed by atoms with Crippen LogP contribution in [0.1, 0.15) is 27.5 Å². The highest BCUT2D eigenvalue weighted by Crippen LogP contribution is 2.33. The molecule has 2 aromatic carbocycles. The van der Waals surface area contributed by atoms with Gasteiger partial charge in [0.05, 0.1) is 13.2 Å². The number of fused-ring (bicyclic) bond motifs is 1.